The molecule has 2 N–H and O–H groups in total. The van der Waals surface area contributed by atoms with Crippen LogP contribution in [0.1, 0.15) is 49.0 Å². The summed E-state index contributed by atoms with van der Waals surface area (Å²) in [4.78, 5) is 16.8. The van der Waals surface area contributed by atoms with E-state index in [2.05, 4.69) is 4.90 Å². The first-order valence-electron chi connectivity index (χ1n) is 9.36. The van der Waals surface area contributed by atoms with E-state index in [1.54, 1.807) is 18.7 Å². The molecule has 2 atom stereocenters. The Morgan fingerprint density at radius 1 is 1.16 bits per heavy atom. The van der Waals surface area contributed by atoms with Crippen LogP contribution in [-0.2, 0) is 6.42 Å². The maximum absolute atomic E-state index is 12.7. The van der Waals surface area contributed by atoms with Crippen LogP contribution in [0.15, 0.2) is 24.3 Å². The Balaban J connectivity index is 1.59. The Bertz CT molecular complexity index is 588. The lowest BCUT2D eigenvalue weighted by atomic mass is 9.98. The molecular formula is C20H30N2O3. The molecule has 2 aliphatic heterocycles. The largest absolute Gasteiger partial charge is 0.390 e. The van der Waals surface area contributed by atoms with Gasteiger partial charge in [-0.15, -0.1) is 0 Å². The summed E-state index contributed by atoms with van der Waals surface area (Å²) in [6, 6.07) is 7.72. The molecule has 0 spiro atoms. The Morgan fingerprint density at radius 3 is 2.40 bits per heavy atom. The normalized spacial score (nSPS) is 24.9. The molecule has 1 aromatic carbocycles. The Hall–Kier alpha value is -1.43. The van der Waals surface area contributed by atoms with Crippen LogP contribution < -0.4 is 0 Å². The van der Waals surface area contributed by atoms with Crippen LogP contribution in [0.2, 0.25) is 0 Å². The number of carbonyl (C=O) groups excluding carboxylic acids is 1. The lowest BCUT2D eigenvalue weighted by Gasteiger charge is -2.25. The standard InChI is InChI=1S/C20H30N2O3/c1-20(2,25)10-9-15-5-7-16(8-6-15)19(24)22-13-17(18(23)14-22)21-11-3-4-12-21/h5-8,17-18,23,25H,3-4,9-14H2,1-2H3/t17-,18-/m1/s1. The van der Waals surface area contributed by atoms with E-state index in [1.165, 1.54) is 12.8 Å². The minimum Gasteiger partial charge on any atom is -0.390 e. The zero-order valence-corrected chi connectivity index (χ0v) is 15.3. The molecule has 5 heteroatoms. The molecule has 2 saturated heterocycles. The monoisotopic (exact) mass is 346 g/mol. The van der Waals surface area contributed by atoms with Gasteiger partial charge in [0.15, 0.2) is 0 Å². The first-order chi connectivity index (χ1) is 11.8. The van der Waals surface area contributed by atoms with Gasteiger partial charge >= 0.3 is 0 Å². The molecule has 1 amide bonds. The van der Waals surface area contributed by atoms with Crippen molar-refractivity contribution in [2.45, 2.75) is 57.3 Å². The van der Waals surface area contributed by atoms with E-state index in [0.29, 0.717) is 25.1 Å². The smallest absolute Gasteiger partial charge is 0.253 e. The number of aliphatic hydroxyl groups is 2. The van der Waals surface area contributed by atoms with Crippen molar-refractivity contribution in [3.05, 3.63) is 35.4 Å². The number of hydrogen-bond acceptors (Lipinski definition) is 4. The quantitative estimate of drug-likeness (QED) is 0.851. The zero-order valence-electron chi connectivity index (χ0n) is 15.3. The molecule has 0 radical (unpaired) electrons. The molecular weight excluding hydrogens is 316 g/mol. The van der Waals surface area contributed by atoms with Crippen LogP contribution in [-0.4, -0.2) is 69.8 Å². The molecule has 2 heterocycles. The number of hydrogen-bond donors (Lipinski definition) is 2. The first kappa shape index (κ1) is 18.4. The van der Waals surface area contributed by atoms with Gasteiger partial charge in [-0.25, -0.2) is 0 Å². The van der Waals surface area contributed by atoms with Crippen LogP contribution in [0.4, 0.5) is 0 Å². The number of nitrogens with zero attached hydrogens (tertiary/aromatic N) is 2. The van der Waals surface area contributed by atoms with E-state index in [0.717, 1.165) is 25.1 Å². The molecule has 25 heavy (non-hydrogen) atoms. The molecule has 2 fully saturated rings. The van der Waals surface area contributed by atoms with Gasteiger partial charge in [0, 0.05) is 18.7 Å². The fraction of sp³-hybridized carbons (Fsp3) is 0.650. The second-order valence-electron chi connectivity index (χ2n) is 8.10. The van der Waals surface area contributed by atoms with Gasteiger partial charge in [0.05, 0.1) is 17.7 Å². The van der Waals surface area contributed by atoms with Crippen LogP contribution in [0.25, 0.3) is 0 Å². The van der Waals surface area contributed by atoms with Crippen molar-refractivity contribution >= 4 is 5.91 Å². The molecule has 2 aliphatic rings. The molecule has 0 bridgehead atoms. The fourth-order valence-electron chi connectivity index (χ4n) is 3.81. The van der Waals surface area contributed by atoms with E-state index >= 15 is 0 Å². The highest BCUT2D eigenvalue weighted by Gasteiger charge is 2.38. The fourth-order valence-corrected chi connectivity index (χ4v) is 3.81. The summed E-state index contributed by atoms with van der Waals surface area (Å²) in [6.45, 7) is 6.70. The SMILES string of the molecule is CC(C)(O)CCc1ccc(C(=O)N2C[C@@H](O)[C@H](N3CCCC3)C2)cc1. The summed E-state index contributed by atoms with van der Waals surface area (Å²) in [7, 11) is 0. The predicted molar refractivity (Wildman–Crippen MR) is 97.6 cm³/mol. The van der Waals surface area contributed by atoms with Gasteiger partial charge in [-0.1, -0.05) is 12.1 Å². The number of amides is 1. The summed E-state index contributed by atoms with van der Waals surface area (Å²) < 4.78 is 0. The van der Waals surface area contributed by atoms with Gasteiger partial charge in [0.25, 0.3) is 5.91 Å². The number of aliphatic hydroxyl groups excluding tert-OH is 1. The van der Waals surface area contributed by atoms with E-state index in [4.69, 9.17) is 0 Å². The number of aryl methyl sites for hydroxylation is 1. The molecule has 0 aliphatic carbocycles. The molecule has 0 unspecified atom stereocenters. The highest BCUT2D eigenvalue weighted by Crippen LogP contribution is 2.23. The van der Waals surface area contributed by atoms with E-state index in [1.807, 2.05) is 24.3 Å². The van der Waals surface area contributed by atoms with Crippen LogP contribution in [0, 0.1) is 0 Å². The van der Waals surface area contributed by atoms with Crippen LogP contribution in [0.5, 0.6) is 0 Å². The average Bonchev–Trinajstić information content (AvgIpc) is 3.21. The Labute approximate surface area is 150 Å². The van der Waals surface area contributed by atoms with Gasteiger partial charge in [0.1, 0.15) is 0 Å². The van der Waals surface area contributed by atoms with Crippen LogP contribution >= 0.6 is 0 Å². The molecule has 0 aromatic heterocycles. The zero-order chi connectivity index (χ0) is 18.0. The van der Waals surface area contributed by atoms with Crippen molar-refractivity contribution in [3.8, 4) is 0 Å². The Kier molecular flexibility index (Phi) is 5.46. The third kappa shape index (κ3) is 4.60. The van der Waals surface area contributed by atoms with Crippen molar-refractivity contribution in [3.63, 3.8) is 0 Å². The first-order valence-corrected chi connectivity index (χ1v) is 9.36. The number of benzene rings is 1. The maximum Gasteiger partial charge on any atom is 0.253 e. The van der Waals surface area contributed by atoms with Gasteiger partial charge in [-0.3, -0.25) is 9.69 Å². The molecule has 0 saturated carbocycles. The van der Waals surface area contributed by atoms with Gasteiger partial charge in [0.2, 0.25) is 0 Å². The van der Waals surface area contributed by atoms with Crippen molar-refractivity contribution in [1.82, 2.24) is 9.80 Å². The van der Waals surface area contributed by atoms with Gasteiger partial charge in [-0.2, -0.15) is 0 Å². The number of likely N-dealkylation sites (tertiary alicyclic amines) is 2. The van der Waals surface area contributed by atoms with Crippen molar-refractivity contribution in [1.29, 1.82) is 0 Å². The summed E-state index contributed by atoms with van der Waals surface area (Å²) in [5.41, 5.74) is 1.11. The highest BCUT2D eigenvalue weighted by atomic mass is 16.3. The summed E-state index contributed by atoms with van der Waals surface area (Å²) in [6.07, 6.45) is 3.40. The van der Waals surface area contributed by atoms with Crippen molar-refractivity contribution in [2.24, 2.45) is 0 Å². The molecule has 3 rings (SSSR count). The van der Waals surface area contributed by atoms with Crippen LogP contribution in [0.3, 0.4) is 0 Å². The highest BCUT2D eigenvalue weighted by molar-refractivity contribution is 5.94. The summed E-state index contributed by atoms with van der Waals surface area (Å²) in [5.74, 6) is -0.00483. The topological polar surface area (TPSA) is 64.0 Å². The van der Waals surface area contributed by atoms with Gasteiger partial charge < -0.3 is 15.1 Å². The summed E-state index contributed by atoms with van der Waals surface area (Å²) >= 11 is 0. The molecule has 138 valence electrons. The number of carbonyl (C=O) groups is 1. The number of β-amino-alcohol motifs (C(OH)–C–C–N with tert-alkyl or cyclic N) is 1. The predicted octanol–water partition coefficient (Wildman–Crippen LogP) is 1.67. The van der Waals surface area contributed by atoms with E-state index < -0.39 is 11.7 Å². The minimum absolute atomic E-state index is 0.00483. The molecule has 5 nitrogen and oxygen atoms in total. The number of rotatable bonds is 5. The van der Waals surface area contributed by atoms with Gasteiger partial charge in [-0.05, 0) is 70.3 Å². The Morgan fingerprint density at radius 2 is 1.80 bits per heavy atom. The van der Waals surface area contributed by atoms with E-state index in [9.17, 15) is 15.0 Å². The maximum atomic E-state index is 12.7. The second kappa shape index (κ2) is 7.44. The average molecular weight is 346 g/mol. The molecule has 1 aromatic rings. The summed E-state index contributed by atoms with van der Waals surface area (Å²) in [5, 5.41) is 20.2. The van der Waals surface area contributed by atoms with Crippen molar-refractivity contribution < 1.29 is 15.0 Å². The minimum atomic E-state index is -0.676. The third-order valence-corrected chi connectivity index (χ3v) is 5.38. The second-order valence-corrected chi connectivity index (χ2v) is 8.10. The van der Waals surface area contributed by atoms with Crippen molar-refractivity contribution in [2.75, 3.05) is 26.2 Å². The lowest BCUT2D eigenvalue weighted by Crippen LogP contribution is -2.41. The lowest BCUT2D eigenvalue weighted by molar-refractivity contribution is 0.0712. The third-order valence-electron chi connectivity index (χ3n) is 5.38. The van der Waals surface area contributed by atoms with E-state index in [-0.39, 0.29) is 11.9 Å².